The number of imidazole rings is 1. The fraction of sp³-hybridized carbons (Fsp3) is 0.773. The molecule has 1 fully saturated rings. The van der Waals surface area contributed by atoms with Crippen LogP contribution in [0, 0.1) is 0 Å². The Labute approximate surface area is 236 Å². The fourth-order valence-electron chi connectivity index (χ4n) is 3.84. The molecule has 3 heterocycles. The second-order valence-corrected chi connectivity index (χ2v) is 10.9. The normalized spacial score (nSPS) is 21.4. The number of aliphatic hydroxyl groups excluding tert-OH is 2. The third-order valence-corrected chi connectivity index (χ3v) is 6.81. The van der Waals surface area contributed by atoms with Gasteiger partial charge >= 0.3 is 7.60 Å². The molecule has 0 saturated carbocycles. The average molecular weight is 614 g/mol. The van der Waals surface area contributed by atoms with Gasteiger partial charge in [0.1, 0.15) is 12.2 Å². The quantitative estimate of drug-likeness (QED) is 0.0743. The molecule has 0 spiro atoms. The zero-order valence-corrected chi connectivity index (χ0v) is 23.8. The maximum atomic E-state index is 11.2. The Kier molecular flexibility index (Phi) is 13.8. The highest BCUT2D eigenvalue weighted by Crippen LogP contribution is 2.39. The van der Waals surface area contributed by atoms with E-state index >= 15 is 0 Å². The summed E-state index contributed by atoms with van der Waals surface area (Å²) in [5.74, 6) is 0.336. The molecule has 2 aromatic rings. The lowest BCUT2D eigenvalue weighted by atomic mass is 10.1. The zero-order chi connectivity index (χ0) is 29.0. The van der Waals surface area contributed by atoms with Crippen molar-refractivity contribution < 1.29 is 53.0 Å². The molecule has 1 aliphatic heterocycles. The molecule has 40 heavy (non-hydrogen) atoms. The first-order valence-corrected chi connectivity index (χ1v) is 14.9. The van der Waals surface area contributed by atoms with Crippen molar-refractivity contribution >= 4 is 36.2 Å². The van der Waals surface area contributed by atoms with Crippen LogP contribution in [-0.2, 0) is 33.0 Å². The summed E-state index contributed by atoms with van der Waals surface area (Å²) in [4.78, 5) is 30.9. The van der Waals surface area contributed by atoms with Gasteiger partial charge < -0.3 is 53.7 Å². The molecule has 5 N–H and O–H groups in total. The van der Waals surface area contributed by atoms with Crippen LogP contribution in [0.5, 0.6) is 0 Å². The average Bonchev–Trinajstić information content (AvgIpc) is 3.45. The van der Waals surface area contributed by atoms with E-state index in [2.05, 4.69) is 20.3 Å². The summed E-state index contributed by atoms with van der Waals surface area (Å²) in [6, 6.07) is 0. The van der Waals surface area contributed by atoms with Crippen molar-refractivity contribution in [1.82, 2.24) is 19.5 Å². The predicted octanol–water partition coefficient (Wildman–Crippen LogP) is -0.209. The second kappa shape index (κ2) is 16.8. The van der Waals surface area contributed by atoms with Crippen molar-refractivity contribution in [3.63, 3.8) is 0 Å². The molecule has 0 bridgehead atoms. The molecule has 0 radical (unpaired) electrons. The maximum absolute atomic E-state index is 11.2. The Hall–Kier alpha value is -1.53. The van der Waals surface area contributed by atoms with Crippen LogP contribution < -0.4 is 5.32 Å². The molecular formula is C22H37ClN5O11P. The molecule has 0 aromatic carbocycles. The first-order chi connectivity index (χ1) is 19.2. The van der Waals surface area contributed by atoms with E-state index in [4.69, 9.17) is 49.8 Å². The van der Waals surface area contributed by atoms with E-state index in [-0.39, 0.29) is 17.4 Å². The van der Waals surface area contributed by atoms with Crippen molar-refractivity contribution in [3.05, 3.63) is 11.6 Å². The molecule has 16 nitrogen and oxygen atoms in total. The van der Waals surface area contributed by atoms with E-state index in [0.29, 0.717) is 77.3 Å². The number of hydrogen-bond donors (Lipinski definition) is 5. The van der Waals surface area contributed by atoms with Gasteiger partial charge in [0.2, 0.25) is 5.28 Å². The molecule has 228 valence electrons. The van der Waals surface area contributed by atoms with Gasteiger partial charge in [-0.25, -0.2) is 4.98 Å². The van der Waals surface area contributed by atoms with Crippen LogP contribution in [-0.4, -0.2) is 137 Å². The lowest BCUT2D eigenvalue weighted by molar-refractivity contribution is -0.0355. The van der Waals surface area contributed by atoms with E-state index in [1.54, 1.807) is 7.11 Å². The van der Waals surface area contributed by atoms with Crippen LogP contribution in [0.1, 0.15) is 12.6 Å². The van der Waals surface area contributed by atoms with Crippen LogP contribution >= 0.6 is 19.2 Å². The van der Waals surface area contributed by atoms with Crippen LogP contribution in [0.25, 0.3) is 11.2 Å². The third-order valence-electron chi connectivity index (χ3n) is 5.80. The number of aromatic nitrogens is 4. The van der Waals surface area contributed by atoms with Gasteiger partial charge in [0.05, 0.1) is 78.1 Å². The number of fused-ring (bicyclic) bond motifs is 1. The van der Waals surface area contributed by atoms with Crippen LogP contribution in [0.4, 0.5) is 5.82 Å². The second-order valence-electron chi connectivity index (χ2n) is 8.76. The molecule has 0 aliphatic carbocycles. The Morgan fingerprint density at radius 2 is 1.57 bits per heavy atom. The standard InChI is InChI=1S/C22H37ClN5O11P/c1-34-5-6-36-9-10-38-12-11-37-8-7-35-4-3-24-19-16-20(27-22(23)26-19)28(14-25-16)21-18(30)17(29)15(39-21)2-13-40(31,32)33/h14-15,17-18,21,29-30H,2-13H2,1H3,(H,24,26,27)(H2,31,32,33)/t15-,17?,18+,21-/m1/s1. The number of nitrogens with zero attached hydrogens (tertiary/aromatic N) is 4. The van der Waals surface area contributed by atoms with E-state index in [0.717, 1.165) is 0 Å². The minimum Gasteiger partial charge on any atom is -0.388 e. The minimum atomic E-state index is -4.30. The van der Waals surface area contributed by atoms with Gasteiger partial charge in [-0.05, 0) is 18.0 Å². The van der Waals surface area contributed by atoms with Gasteiger partial charge in [0, 0.05) is 13.7 Å². The molecule has 0 amide bonds. The summed E-state index contributed by atoms with van der Waals surface area (Å²) in [6.07, 6.45) is -4.09. The zero-order valence-electron chi connectivity index (χ0n) is 22.1. The van der Waals surface area contributed by atoms with Crippen LogP contribution in [0.3, 0.4) is 0 Å². The maximum Gasteiger partial charge on any atom is 0.325 e. The molecular weight excluding hydrogens is 577 g/mol. The van der Waals surface area contributed by atoms with Gasteiger partial charge in [-0.1, -0.05) is 0 Å². The van der Waals surface area contributed by atoms with Gasteiger partial charge in [-0.3, -0.25) is 9.13 Å². The summed E-state index contributed by atoms with van der Waals surface area (Å²) in [6.45, 7) is 4.52. The van der Waals surface area contributed by atoms with E-state index in [9.17, 15) is 14.8 Å². The summed E-state index contributed by atoms with van der Waals surface area (Å²) < 4.78 is 44.9. The Morgan fingerprint density at radius 1 is 0.975 bits per heavy atom. The molecule has 1 aliphatic rings. The Balaban J connectivity index is 1.39. The number of hydrogen-bond acceptors (Lipinski definition) is 13. The SMILES string of the molecule is COCCOCCOCCOCCOCCNc1nc(Cl)nc2c1ncn2[C@@H]1O[C@H](CCP(=O)(O)O)C(O)[C@@H]1O. The van der Waals surface area contributed by atoms with E-state index in [1.807, 2.05) is 0 Å². The first-order valence-electron chi connectivity index (χ1n) is 12.7. The van der Waals surface area contributed by atoms with Gasteiger partial charge in [0.25, 0.3) is 0 Å². The molecule has 4 atom stereocenters. The number of ether oxygens (including phenoxy) is 6. The Morgan fingerprint density at radius 3 is 2.17 bits per heavy atom. The van der Waals surface area contributed by atoms with E-state index in [1.165, 1.54) is 10.9 Å². The number of aliphatic hydroxyl groups is 2. The van der Waals surface area contributed by atoms with Gasteiger partial charge in [-0.15, -0.1) is 0 Å². The van der Waals surface area contributed by atoms with Crippen LogP contribution in [0.15, 0.2) is 6.33 Å². The highest BCUT2D eigenvalue weighted by molar-refractivity contribution is 7.51. The highest BCUT2D eigenvalue weighted by Gasteiger charge is 2.44. The summed E-state index contributed by atoms with van der Waals surface area (Å²) in [7, 11) is -2.68. The fourth-order valence-corrected chi connectivity index (χ4v) is 4.59. The lowest BCUT2D eigenvalue weighted by Gasteiger charge is -2.17. The molecule has 1 unspecified atom stereocenters. The lowest BCUT2D eigenvalue weighted by Crippen LogP contribution is -2.31. The molecule has 2 aromatic heterocycles. The van der Waals surface area contributed by atoms with Crippen molar-refractivity contribution in [2.24, 2.45) is 0 Å². The number of methoxy groups -OCH3 is 1. The summed E-state index contributed by atoms with van der Waals surface area (Å²) in [5.41, 5.74) is 0.591. The summed E-state index contributed by atoms with van der Waals surface area (Å²) in [5, 5.41) is 23.9. The monoisotopic (exact) mass is 613 g/mol. The number of halogens is 1. The largest absolute Gasteiger partial charge is 0.388 e. The van der Waals surface area contributed by atoms with Crippen molar-refractivity contribution in [2.75, 3.05) is 84.6 Å². The number of rotatable bonds is 20. The Bertz CT molecular complexity index is 1080. The molecule has 3 rings (SSSR count). The topological polar surface area (TPSA) is 209 Å². The number of anilines is 1. The van der Waals surface area contributed by atoms with E-state index < -0.39 is 38.3 Å². The molecule has 1 saturated heterocycles. The van der Waals surface area contributed by atoms with Gasteiger partial charge in [-0.2, -0.15) is 9.97 Å². The van der Waals surface area contributed by atoms with Crippen LogP contribution in [0.2, 0.25) is 5.28 Å². The number of nitrogens with one attached hydrogen (secondary N) is 1. The van der Waals surface area contributed by atoms with Crippen molar-refractivity contribution in [2.45, 2.75) is 31.0 Å². The smallest absolute Gasteiger partial charge is 0.325 e. The highest BCUT2D eigenvalue weighted by atomic mass is 35.5. The van der Waals surface area contributed by atoms with Crippen molar-refractivity contribution in [1.29, 1.82) is 0 Å². The third kappa shape index (κ3) is 10.4. The summed E-state index contributed by atoms with van der Waals surface area (Å²) >= 11 is 6.11. The van der Waals surface area contributed by atoms with Gasteiger partial charge in [0.15, 0.2) is 23.2 Å². The first kappa shape index (κ1) is 33.0. The minimum absolute atomic E-state index is 0.0825. The molecule has 18 heteroatoms. The van der Waals surface area contributed by atoms with Crippen molar-refractivity contribution in [3.8, 4) is 0 Å². The predicted molar refractivity (Wildman–Crippen MR) is 141 cm³/mol.